The highest BCUT2D eigenvalue weighted by Crippen LogP contribution is 2.41. The minimum Gasteiger partial charge on any atom is -0.497 e. The zero-order valence-electron chi connectivity index (χ0n) is 29.0. The average Bonchev–Trinajstić information content (AvgIpc) is 3.64. The molecule has 12 heteroatoms. The van der Waals surface area contributed by atoms with Crippen LogP contribution in [0.4, 0.5) is 11.5 Å². The van der Waals surface area contributed by atoms with E-state index in [9.17, 15) is 0 Å². The topological polar surface area (TPSA) is 146 Å². The Hall–Kier alpha value is -6.79. The molecule has 260 valence electrons. The van der Waals surface area contributed by atoms with E-state index in [1.165, 1.54) is 5.12 Å². The van der Waals surface area contributed by atoms with E-state index in [1.807, 2.05) is 133 Å². The van der Waals surface area contributed by atoms with Crippen LogP contribution in [0.1, 0.15) is 16.7 Å². The number of hydrazine groups is 1. The Kier molecular flexibility index (Phi) is 9.46. The van der Waals surface area contributed by atoms with Crippen LogP contribution >= 0.6 is 0 Å². The molecule has 52 heavy (non-hydrogen) atoms. The van der Waals surface area contributed by atoms with Crippen LogP contribution in [0.25, 0.3) is 22.4 Å². The molecule has 0 radical (unpaired) electrons. The first-order chi connectivity index (χ1) is 25.4. The summed E-state index contributed by atoms with van der Waals surface area (Å²) in [4.78, 5) is 16.3. The molecular weight excluding hydrogens is 653 g/mol. The van der Waals surface area contributed by atoms with Gasteiger partial charge in [-0.05, 0) is 28.8 Å². The molecule has 0 fully saturated rings. The van der Waals surface area contributed by atoms with Crippen LogP contribution in [0.2, 0.25) is 0 Å². The lowest BCUT2D eigenvalue weighted by molar-refractivity contribution is 0.166. The van der Waals surface area contributed by atoms with Gasteiger partial charge in [-0.15, -0.1) is 5.10 Å². The molecule has 0 aliphatic carbocycles. The first kappa shape index (κ1) is 33.7. The number of rotatable bonds is 12. The number of nitrogens with zero attached hydrogens (tertiary/aromatic N) is 8. The molecule has 4 N–H and O–H groups in total. The van der Waals surface area contributed by atoms with Gasteiger partial charge >= 0.3 is 0 Å². The molecule has 0 saturated carbocycles. The molecule has 7 aromatic rings. The van der Waals surface area contributed by atoms with Crippen molar-refractivity contribution in [1.29, 1.82) is 0 Å². The molecule has 0 bridgehead atoms. The van der Waals surface area contributed by atoms with Crippen LogP contribution in [-0.2, 0) is 12.6 Å². The number of hydrazone groups is 1. The molecule has 0 atom stereocenters. The van der Waals surface area contributed by atoms with E-state index >= 15 is 0 Å². The maximum absolute atomic E-state index is 7.11. The van der Waals surface area contributed by atoms with Gasteiger partial charge in [-0.3, -0.25) is 9.67 Å². The first-order valence-corrected chi connectivity index (χ1v) is 16.6. The monoisotopic (exact) mass is 690 g/mol. The Balaban J connectivity index is 1.35. The number of aryl methyl sites for hydroxylation is 1. The smallest absolute Gasteiger partial charge is 0.180 e. The van der Waals surface area contributed by atoms with Gasteiger partial charge in [0.05, 0.1) is 44.5 Å². The van der Waals surface area contributed by atoms with E-state index in [4.69, 9.17) is 36.1 Å². The third-order valence-corrected chi connectivity index (χ3v) is 8.79. The molecule has 12 nitrogen and oxygen atoms in total. The van der Waals surface area contributed by atoms with Crippen molar-refractivity contribution < 1.29 is 9.47 Å². The summed E-state index contributed by atoms with van der Waals surface area (Å²) in [5, 5.41) is 10.6. The predicted molar refractivity (Wildman–Crippen MR) is 203 cm³/mol. The summed E-state index contributed by atoms with van der Waals surface area (Å²) < 4.78 is 13.0. The Morgan fingerprint density at radius 3 is 1.87 bits per heavy atom. The minimum absolute atomic E-state index is 0.0900. The zero-order valence-corrected chi connectivity index (χ0v) is 29.0. The number of hydrogen-bond acceptors (Lipinski definition) is 10. The van der Waals surface area contributed by atoms with E-state index in [1.54, 1.807) is 37.4 Å². The van der Waals surface area contributed by atoms with Crippen molar-refractivity contribution in [2.45, 2.75) is 5.54 Å². The molecule has 3 heterocycles. The lowest BCUT2D eigenvalue weighted by Gasteiger charge is -2.41. The number of anilines is 2. The molecule has 3 aromatic heterocycles. The number of nitrogens with two attached hydrogens (primary N) is 2. The second-order valence-corrected chi connectivity index (χ2v) is 12.1. The fourth-order valence-electron chi connectivity index (χ4n) is 6.33. The van der Waals surface area contributed by atoms with Crippen LogP contribution < -0.4 is 25.9 Å². The largest absolute Gasteiger partial charge is 0.497 e. The molecule has 0 spiro atoms. The van der Waals surface area contributed by atoms with Gasteiger partial charge in [-0.1, -0.05) is 91.0 Å². The van der Waals surface area contributed by atoms with Gasteiger partial charge in [0, 0.05) is 37.0 Å². The van der Waals surface area contributed by atoms with Crippen LogP contribution in [0.3, 0.4) is 0 Å². The Labute approximate surface area is 301 Å². The molecular formula is C40H38N10O2. The molecule has 0 aliphatic heterocycles. The van der Waals surface area contributed by atoms with Gasteiger partial charge < -0.3 is 20.1 Å². The number of ether oxygens (including phenoxy) is 2. The highest BCUT2D eigenvalue weighted by Gasteiger charge is 2.41. The van der Waals surface area contributed by atoms with Crippen LogP contribution in [0, 0.1) is 0 Å². The van der Waals surface area contributed by atoms with E-state index in [0.717, 1.165) is 22.3 Å². The number of methoxy groups -OCH3 is 2. The fraction of sp³-hybridized carbons (Fsp3) is 0.125. The SMILES string of the molecule is COc1cc(OC)cc(N(C/C(N)=N/N(N)C(c2ccccc2)(c2ccccc2)c2ccccc2)c2ccc3ncc(-c4cnn(C)c4)nc3n2)c1. The van der Waals surface area contributed by atoms with Crippen LogP contribution in [-0.4, -0.2) is 56.5 Å². The van der Waals surface area contributed by atoms with E-state index in [2.05, 4.69) is 10.1 Å². The second kappa shape index (κ2) is 14.6. The van der Waals surface area contributed by atoms with Gasteiger partial charge in [0.2, 0.25) is 0 Å². The van der Waals surface area contributed by atoms with Gasteiger partial charge in [-0.2, -0.15) is 5.10 Å². The molecule has 7 rings (SSSR count). The average molecular weight is 691 g/mol. The number of amidine groups is 1. The van der Waals surface area contributed by atoms with Gasteiger partial charge in [0.25, 0.3) is 0 Å². The lowest BCUT2D eigenvalue weighted by atomic mass is 9.77. The number of pyridine rings is 1. The highest BCUT2D eigenvalue weighted by atomic mass is 16.5. The number of aromatic nitrogens is 5. The summed E-state index contributed by atoms with van der Waals surface area (Å²) in [5.74, 6) is 9.05. The predicted octanol–water partition coefficient (Wildman–Crippen LogP) is 6.02. The van der Waals surface area contributed by atoms with Gasteiger partial charge in [0.1, 0.15) is 34.2 Å². The second-order valence-electron chi connectivity index (χ2n) is 12.1. The van der Waals surface area contributed by atoms with Crippen molar-refractivity contribution in [3.63, 3.8) is 0 Å². The summed E-state index contributed by atoms with van der Waals surface area (Å²) in [5.41, 5.74) is 11.9. The maximum Gasteiger partial charge on any atom is 0.180 e. The normalized spacial score (nSPS) is 11.7. The summed E-state index contributed by atoms with van der Waals surface area (Å²) in [6.45, 7) is 0.0900. The quantitative estimate of drug-likeness (QED) is 0.0513. The third kappa shape index (κ3) is 6.57. The maximum atomic E-state index is 7.11. The van der Waals surface area contributed by atoms with Crippen molar-refractivity contribution in [1.82, 2.24) is 29.9 Å². The van der Waals surface area contributed by atoms with Gasteiger partial charge in [0.15, 0.2) is 5.65 Å². The summed E-state index contributed by atoms with van der Waals surface area (Å²) in [6, 6.07) is 39.4. The molecule has 0 amide bonds. The summed E-state index contributed by atoms with van der Waals surface area (Å²) in [7, 11) is 5.06. The van der Waals surface area contributed by atoms with E-state index in [0.29, 0.717) is 39.9 Å². The number of fused-ring (bicyclic) bond motifs is 1. The van der Waals surface area contributed by atoms with Crippen molar-refractivity contribution in [2.75, 3.05) is 25.7 Å². The van der Waals surface area contributed by atoms with Crippen molar-refractivity contribution in [3.05, 3.63) is 157 Å². The third-order valence-electron chi connectivity index (χ3n) is 8.79. The van der Waals surface area contributed by atoms with Crippen molar-refractivity contribution in [3.8, 4) is 22.8 Å². The Morgan fingerprint density at radius 1 is 0.769 bits per heavy atom. The molecule has 0 unspecified atom stereocenters. The van der Waals surface area contributed by atoms with Crippen LogP contribution in [0.5, 0.6) is 11.5 Å². The minimum atomic E-state index is -1.03. The first-order valence-electron chi connectivity index (χ1n) is 16.6. The summed E-state index contributed by atoms with van der Waals surface area (Å²) >= 11 is 0. The highest BCUT2D eigenvalue weighted by molar-refractivity contribution is 5.88. The standard InChI is InChI=1S/C40H38N10O2/c1-48-26-28(24-44-48)36-25-43-35-19-20-38(46-39(35)45-36)49(32-21-33(51-2)23-34(22-32)52-3)27-37(41)47-50(42)40(29-13-7-4-8-14-29,30-15-9-5-10-16-30)31-17-11-6-12-18-31/h4-26H,27,42H2,1-3H3,(H2,41,47). The van der Waals surface area contributed by atoms with Crippen LogP contribution in [0.15, 0.2) is 145 Å². The Bertz CT molecular complexity index is 2200. The Morgan fingerprint density at radius 2 is 1.35 bits per heavy atom. The van der Waals surface area contributed by atoms with E-state index in [-0.39, 0.29) is 12.4 Å². The van der Waals surface area contributed by atoms with Gasteiger partial charge in [-0.25, -0.2) is 20.9 Å². The van der Waals surface area contributed by atoms with E-state index < -0.39 is 5.54 Å². The molecule has 0 aliphatic rings. The van der Waals surface area contributed by atoms with Crippen molar-refractivity contribution in [2.24, 2.45) is 23.7 Å². The lowest BCUT2D eigenvalue weighted by Crippen LogP contribution is -2.50. The number of hydrogen-bond donors (Lipinski definition) is 2. The van der Waals surface area contributed by atoms with Crippen molar-refractivity contribution >= 4 is 28.5 Å². The number of benzene rings is 4. The zero-order chi connectivity index (χ0) is 36.1. The molecule has 4 aromatic carbocycles. The fourth-order valence-corrected chi connectivity index (χ4v) is 6.33. The molecule has 0 saturated heterocycles. The summed E-state index contributed by atoms with van der Waals surface area (Å²) in [6.07, 6.45) is 5.33.